The van der Waals surface area contributed by atoms with E-state index < -0.39 is 51.5 Å². The van der Waals surface area contributed by atoms with Gasteiger partial charge in [0.2, 0.25) is 0 Å². The van der Waals surface area contributed by atoms with Crippen molar-refractivity contribution in [3.8, 4) is 5.75 Å². The second-order valence-corrected chi connectivity index (χ2v) is 12.9. The Labute approximate surface area is 209 Å². The lowest BCUT2D eigenvalue weighted by Gasteiger charge is -2.46. The average molecular weight is 530 g/mol. The molecule has 4 fully saturated rings. The molecule has 0 aliphatic heterocycles. The monoisotopic (exact) mass is 529 g/mol. The molecule has 4 bridgehead atoms. The second kappa shape index (κ2) is 8.89. The predicted octanol–water partition coefficient (Wildman–Crippen LogP) is 5.27. The fraction of sp³-hybridized carbons (Fsp3) is 0.731. The molecule has 5 rings (SSSR count). The van der Waals surface area contributed by atoms with Gasteiger partial charge in [0.25, 0.3) is 0 Å². The molecule has 0 amide bonds. The van der Waals surface area contributed by atoms with Crippen molar-refractivity contribution >= 4 is 16.1 Å². The highest BCUT2D eigenvalue weighted by Gasteiger charge is 2.65. The lowest BCUT2D eigenvalue weighted by atomic mass is 9.63. The maximum atomic E-state index is 13.9. The molecule has 0 heterocycles. The topological polar surface area (TPSA) is 92.7 Å². The van der Waals surface area contributed by atoms with Gasteiger partial charge in [-0.15, -0.1) is 0 Å². The molecule has 10 heteroatoms. The van der Waals surface area contributed by atoms with Crippen LogP contribution in [0.15, 0.2) is 18.2 Å². The van der Waals surface area contributed by atoms with Crippen molar-refractivity contribution in [3.05, 3.63) is 29.3 Å². The van der Waals surface area contributed by atoms with E-state index in [-0.39, 0.29) is 11.5 Å². The molecule has 1 aromatic carbocycles. The maximum absolute atomic E-state index is 13.9. The molecule has 0 spiro atoms. The molecule has 8 atom stereocenters. The zero-order chi connectivity index (χ0) is 26.0. The van der Waals surface area contributed by atoms with Crippen molar-refractivity contribution in [2.45, 2.75) is 64.1 Å². The Balaban J connectivity index is 1.39. The van der Waals surface area contributed by atoms with Gasteiger partial charge < -0.3 is 14.0 Å². The van der Waals surface area contributed by atoms with Gasteiger partial charge in [-0.3, -0.25) is 0 Å². The summed E-state index contributed by atoms with van der Waals surface area (Å²) < 4.78 is 85.0. The number of benzene rings is 1. The predicted molar refractivity (Wildman–Crippen MR) is 123 cm³/mol. The third-order valence-electron chi connectivity index (χ3n) is 9.65. The third kappa shape index (κ3) is 4.52. The van der Waals surface area contributed by atoms with Crippen LogP contribution in [0.5, 0.6) is 5.75 Å². The summed E-state index contributed by atoms with van der Waals surface area (Å²) >= 11 is 0. The number of halogens is 3. The molecule has 0 N–H and O–H groups in total. The van der Waals surface area contributed by atoms with E-state index in [1.54, 1.807) is 0 Å². The van der Waals surface area contributed by atoms with E-state index in [1.165, 1.54) is 19.3 Å². The normalized spacial score (nSPS) is 34.4. The minimum atomic E-state index is -4.69. The Kier molecular flexibility index (Phi) is 6.38. The molecule has 0 radical (unpaired) electrons. The van der Waals surface area contributed by atoms with Gasteiger partial charge in [-0.05, 0) is 99.2 Å². The van der Waals surface area contributed by atoms with Crippen LogP contribution in [0.3, 0.4) is 0 Å². The summed E-state index contributed by atoms with van der Waals surface area (Å²) in [5.74, 6) is 1.85. The van der Waals surface area contributed by atoms with Gasteiger partial charge >= 0.3 is 12.1 Å². The number of hydrogen-bond donors (Lipinski definition) is 0. The second-order valence-electron chi connectivity index (χ2n) is 11.4. The van der Waals surface area contributed by atoms with Crippen molar-refractivity contribution in [3.63, 3.8) is 0 Å². The van der Waals surface area contributed by atoms with Crippen LogP contribution >= 0.6 is 0 Å². The SMILES string of the molecule is CCC(C)(Oc1cc(C(=O)OCCS(=O)(=O)[O-])ccc1C(F)(F)F)C1CC2CC1C1C3CCC(C3)C21. The molecule has 4 saturated carbocycles. The summed E-state index contributed by atoms with van der Waals surface area (Å²) in [5, 5.41) is 0. The van der Waals surface area contributed by atoms with Crippen LogP contribution < -0.4 is 4.74 Å². The highest BCUT2D eigenvalue weighted by atomic mass is 32.2. The van der Waals surface area contributed by atoms with Gasteiger partial charge in [0.1, 0.15) is 18.0 Å². The van der Waals surface area contributed by atoms with Crippen molar-refractivity contribution < 1.29 is 40.4 Å². The molecule has 6 nitrogen and oxygen atoms in total. The van der Waals surface area contributed by atoms with E-state index in [1.807, 2.05) is 13.8 Å². The lowest BCUT2D eigenvalue weighted by Crippen LogP contribution is -2.47. The van der Waals surface area contributed by atoms with Crippen molar-refractivity contribution in [1.29, 1.82) is 0 Å². The standard InChI is InChI=1S/C26H33F3O6S/c1-3-25(2,20-12-17-11-18(20)23-15-5-4-14(10-15)22(17)23)35-21-13-16(6-7-19(21)26(27,28)29)24(30)34-8-9-36(31,32)33/h6-7,13-15,17-18,20,22-23H,3-5,8-12H2,1-2H3,(H,31,32,33)/p-1. The van der Waals surface area contributed by atoms with Gasteiger partial charge in [-0.2, -0.15) is 13.2 Å². The van der Waals surface area contributed by atoms with Gasteiger partial charge in [0.05, 0.1) is 27.0 Å². The minimum absolute atomic E-state index is 0.145. The molecule has 36 heavy (non-hydrogen) atoms. The summed E-state index contributed by atoms with van der Waals surface area (Å²) in [5.41, 5.74) is -1.99. The third-order valence-corrected chi connectivity index (χ3v) is 10.3. The molecular weight excluding hydrogens is 497 g/mol. The van der Waals surface area contributed by atoms with E-state index in [0.717, 1.165) is 48.8 Å². The summed E-state index contributed by atoms with van der Waals surface area (Å²) in [6.45, 7) is 3.15. The fourth-order valence-electron chi connectivity index (χ4n) is 8.22. The maximum Gasteiger partial charge on any atom is 0.419 e. The average Bonchev–Trinajstić information content (AvgIpc) is 3.57. The largest absolute Gasteiger partial charge is 0.748 e. The zero-order valence-corrected chi connectivity index (χ0v) is 21.2. The highest BCUT2D eigenvalue weighted by molar-refractivity contribution is 7.85. The van der Waals surface area contributed by atoms with E-state index in [9.17, 15) is 30.9 Å². The molecule has 0 aromatic heterocycles. The Bertz CT molecular complexity index is 1130. The molecule has 4 aliphatic rings. The fourth-order valence-corrected chi connectivity index (χ4v) is 8.50. The van der Waals surface area contributed by atoms with Crippen LogP contribution in [0, 0.1) is 41.4 Å². The van der Waals surface area contributed by atoms with E-state index in [2.05, 4.69) is 0 Å². The van der Waals surface area contributed by atoms with Gasteiger partial charge in [-0.1, -0.05) is 6.92 Å². The quantitative estimate of drug-likeness (QED) is 0.259. The lowest BCUT2D eigenvalue weighted by molar-refractivity contribution is -0.141. The number of carbonyl (C=O) groups is 1. The van der Waals surface area contributed by atoms with Crippen LogP contribution in [-0.4, -0.2) is 36.9 Å². The summed E-state index contributed by atoms with van der Waals surface area (Å²) in [7, 11) is -4.59. The van der Waals surface area contributed by atoms with Crippen LogP contribution in [0.25, 0.3) is 0 Å². The number of esters is 1. The van der Waals surface area contributed by atoms with Crippen LogP contribution in [0.1, 0.15) is 68.3 Å². The first-order chi connectivity index (χ1) is 16.8. The number of alkyl halides is 3. The number of carbonyl (C=O) groups excluding carboxylic acids is 1. The molecule has 0 saturated heterocycles. The van der Waals surface area contributed by atoms with Crippen molar-refractivity contribution in [2.24, 2.45) is 41.4 Å². The van der Waals surface area contributed by atoms with Crippen LogP contribution in [0.2, 0.25) is 0 Å². The first kappa shape index (κ1) is 25.8. The number of hydrogen-bond acceptors (Lipinski definition) is 6. The van der Waals surface area contributed by atoms with Crippen molar-refractivity contribution in [1.82, 2.24) is 0 Å². The molecule has 4 aliphatic carbocycles. The first-order valence-corrected chi connectivity index (χ1v) is 14.4. The van der Waals surface area contributed by atoms with E-state index >= 15 is 0 Å². The van der Waals surface area contributed by atoms with E-state index in [0.29, 0.717) is 24.2 Å². The summed E-state index contributed by atoms with van der Waals surface area (Å²) in [6.07, 6.45) is 1.82. The molecular formula is C26H32F3O6S-. The number of ether oxygens (including phenoxy) is 2. The van der Waals surface area contributed by atoms with Gasteiger partial charge in [-0.25, -0.2) is 13.2 Å². The summed E-state index contributed by atoms with van der Waals surface area (Å²) in [6, 6.07) is 2.79. The minimum Gasteiger partial charge on any atom is -0.748 e. The van der Waals surface area contributed by atoms with Crippen LogP contribution in [-0.2, 0) is 21.0 Å². The molecule has 8 unspecified atom stereocenters. The Morgan fingerprint density at radius 2 is 1.78 bits per heavy atom. The highest BCUT2D eigenvalue weighted by Crippen LogP contribution is 2.70. The smallest absolute Gasteiger partial charge is 0.419 e. The Morgan fingerprint density at radius 3 is 2.42 bits per heavy atom. The Hall–Kier alpha value is -1.81. The Morgan fingerprint density at radius 1 is 1.08 bits per heavy atom. The molecule has 1 aromatic rings. The number of rotatable bonds is 8. The first-order valence-electron chi connectivity index (χ1n) is 12.8. The van der Waals surface area contributed by atoms with Crippen LogP contribution in [0.4, 0.5) is 13.2 Å². The number of fused-ring (bicyclic) bond motifs is 9. The summed E-state index contributed by atoms with van der Waals surface area (Å²) in [4.78, 5) is 12.4. The van der Waals surface area contributed by atoms with Gasteiger partial charge in [0, 0.05) is 5.92 Å². The van der Waals surface area contributed by atoms with Crippen molar-refractivity contribution in [2.75, 3.05) is 12.4 Å². The van der Waals surface area contributed by atoms with E-state index in [4.69, 9.17) is 9.47 Å². The zero-order valence-electron chi connectivity index (χ0n) is 20.4. The van der Waals surface area contributed by atoms with Gasteiger partial charge in [0.15, 0.2) is 0 Å². The molecule has 200 valence electrons.